The number of ether oxygens (including phenoxy) is 2. The van der Waals surface area contributed by atoms with Gasteiger partial charge in [-0.1, -0.05) is 36.4 Å². The van der Waals surface area contributed by atoms with Gasteiger partial charge in [0.1, 0.15) is 11.5 Å². The summed E-state index contributed by atoms with van der Waals surface area (Å²) >= 11 is 0. The molecule has 3 aromatic carbocycles. The maximum atomic E-state index is 12.8. The summed E-state index contributed by atoms with van der Waals surface area (Å²) in [5.41, 5.74) is 1.59. The molecule has 0 atom stereocenters. The molecule has 0 saturated heterocycles. The number of anilines is 1. The molecule has 0 radical (unpaired) electrons. The highest BCUT2D eigenvalue weighted by atomic mass is 32.2. The van der Waals surface area contributed by atoms with Gasteiger partial charge in [-0.3, -0.25) is 0 Å². The Morgan fingerprint density at radius 3 is 2.24 bits per heavy atom. The predicted molar refractivity (Wildman–Crippen MR) is 124 cm³/mol. The topological polar surface area (TPSA) is 111 Å². The molecule has 0 aliphatic carbocycles. The zero-order valence-corrected chi connectivity index (χ0v) is 18.5. The smallest absolute Gasteiger partial charge is 0.264 e. The number of nitrogens with zero attached hydrogens (tertiary/aromatic N) is 2. The van der Waals surface area contributed by atoms with Crippen LogP contribution in [0.4, 0.5) is 5.95 Å². The molecule has 0 aliphatic heterocycles. The molecule has 0 saturated carbocycles. The highest BCUT2D eigenvalue weighted by molar-refractivity contribution is 7.92. The highest BCUT2D eigenvalue weighted by Gasteiger charge is 2.18. The fraction of sp³-hybridized carbons (Fsp3) is 0.0833. The van der Waals surface area contributed by atoms with Gasteiger partial charge in [-0.15, -0.1) is 0 Å². The second-order valence-corrected chi connectivity index (χ2v) is 8.66. The Hall–Kier alpha value is -3.95. The third kappa shape index (κ3) is 5.46. The fourth-order valence-corrected chi connectivity index (χ4v) is 4.04. The van der Waals surface area contributed by atoms with E-state index in [9.17, 15) is 13.5 Å². The molecule has 33 heavy (non-hydrogen) atoms. The van der Waals surface area contributed by atoms with Crippen molar-refractivity contribution >= 4 is 16.0 Å². The van der Waals surface area contributed by atoms with Crippen molar-refractivity contribution in [1.29, 1.82) is 0 Å². The number of aromatic nitrogens is 2. The average molecular weight is 464 g/mol. The van der Waals surface area contributed by atoms with E-state index in [2.05, 4.69) is 14.7 Å². The van der Waals surface area contributed by atoms with Gasteiger partial charge in [-0.2, -0.15) is 4.98 Å². The van der Waals surface area contributed by atoms with Gasteiger partial charge in [0.2, 0.25) is 11.8 Å². The molecule has 0 aliphatic rings. The van der Waals surface area contributed by atoms with Gasteiger partial charge < -0.3 is 14.6 Å². The Bertz CT molecular complexity index is 1330. The number of nitrogens with one attached hydrogen (secondary N) is 1. The molecule has 0 bridgehead atoms. The maximum Gasteiger partial charge on any atom is 0.264 e. The molecule has 8 nitrogen and oxygen atoms in total. The summed E-state index contributed by atoms with van der Waals surface area (Å²) in [7, 11) is -2.41. The van der Waals surface area contributed by atoms with Crippen molar-refractivity contribution in [1.82, 2.24) is 9.97 Å². The second kappa shape index (κ2) is 9.68. The average Bonchev–Trinajstić information content (AvgIpc) is 2.84. The molecule has 1 heterocycles. The van der Waals surface area contributed by atoms with Crippen molar-refractivity contribution in [2.45, 2.75) is 11.5 Å². The van der Waals surface area contributed by atoms with Crippen molar-refractivity contribution in [2.75, 3.05) is 11.8 Å². The van der Waals surface area contributed by atoms with Crippen molar-refractivity contribution in [3.63, 3.8) is 0 Å². The quantitative estimate of drug-likeness (QED) is 0.402. The first kappa shape index (κ1) is 22.3. The van der Waals surface area contributed by atoms with Crippen molar-refractivity contribution in [2.24, 2.45) is 0 Å². The third-order valence-corrected chi connectivity index (χ3v) is 5.97. The summed E-state index contributed by atoms with van der Waals surface area (Å²) in [6.45, 7) is -0.198. The van der Waals surface area contributed by atoms with E-state index < -0.39 is 10.0 Å². The molecule has 4 rings (SSSR count). The van der Waals surface area contributed by atoms with Gasteiger partial charge in [-0.05, 0) is 48.0 Å². The first-order valence-electron chi connectivity index (χ1n) is 9.96. The summed E-state index contributed by atoms with van der Waals surface area (Å²) in [4.78, 5) is 8.71. The van der Waals surface area contributed by atoms with Gasteiger partial charge in [0.05, 0.1) is 24.3 Å². The van der Waals surface area contributed by atoms with Gasteiger partial charge >= 0.3 is 0 Å². The molecule has 0 fully saturated rings. The first-order valence-corrected chi connectivity index (χ1v) is 11.4. The first-order chi connectivity index (χ1) is 16.0. The number of methoxy groups -OCH3 is 1. The molecular weight excluding hydrogens is 442 g/mol. The monoisotopic (exact) mass is 463 g/mol. The van der Waals surface area contributed by atoms with Gasteiger partial charge in [0, 0.05) is 11.6 Å². The van der Waals surface area contributed by atoms with E-state index in [0.29, 0.717) is 28.3 Å². The van der Waals surface area contributed by atoms with Crippen LogP contribution in [0.15, 0.2) is 89.8 Å². The van der Waals surface area contributed by atoms with Gasteiger partial charge in [0.25, 0.3) is 10.0 Å². The molecule has 1 aromatic heterocycles. The SMILES string of the molecule is COc1cc(CO)cc(-c2cc(Oc3ccccc3)nc(NS(=O)(=O)c3ccccc3)n2)c1. The number of hydrogen-bond donors (Lipinski definition) is 2. The van der Waals surface area contributed by atoms with Gasteiger partial charge in [-0.25, -0.2) is 18.1 Å². The molecule has 0 amide bonds. The number of aliphatic hydroxyl groups excluding tert-OH is 1. The molecule has 0 spiro atoms. The van der Waals surface area contributed by atoms with E-state index in [-0.39, 0.29) is 23.3 Å². The Morgan fingerprint density at radius 1 is 0.879 bits per heavy atom. The lowest BCUT2D eigenvalue weighted by atomic mass is 10.1. The van der Waals surface area contributed by atoms with Crippen LogP contribution in [0, 0.1) is 0 Å². The molecule has 4 aromatic rings. The lowest BCUT2D eigenvalue weighted by Crippen LogP contribution is -2.15. The minimum Gasteiger partial charge on any atom is -0.497 e. The van der Waals surface area contributed by atoms with Crippen molar-refractivity contribution in [3.8, 4) is 28.6 Å². The third-order valence-electron chi connectivity index (χ3n) is 4.63. The Labute approximate surface area is 191 Å². The Morgan fingerprint density at radius 2 is 1.58 bits per heavy atom. The van der Waals surface area contributed by atoms with Crippen LogP contribution >= 0.6 is 0 Å². The number of sulfonamides is 1. The summed E-state index contributed by atoms with van der Waals surface area (Å²) in [6, 6.07) is 23.7. The molecule has 9 heteroatoms. The maximum absolute atomic E-state index is 12.8. The van der Waals surface area contributed by atoms with Crippen LogP contribution in [-0.4, -0.2) is 30.6 Å². The second-order valence-electron chi connectivity index (χ2n) is 6.98. The number of aliphatic hydroxyl groups is 1. The van der Waals surface area contributed by atoms with E-state index in [0.717, 1.165) is 0 Å². The van der Waals surface area contributed by atoms with Crippen LogP contribution in [0.2, 0.25) is 0 Å². The zero-order valence-electron chi connectivity index (χ0n) is 17.7. The number of rotatable bonds is 8. The zero-order chi connectivity index (χ0) is 23.3. The minimum atomic E-state index is -3.92. The summed E-state index contributed by atoms with van der Waals surface area (Å²) in [6.07, 6.45) is 0. The molecule has 2 N–H and O–H groups in total. The van der Waals surface area contributed by atoms with Gasteiger partial charge in [0.15, 0.2) is 0 Å². The number of benzene rings is 3. The standard InChI is InChI=1S/C24H21N3O5S/c1-31-20-13-17(16-28)12-18(14-20)22-15-23(32-19-8-4-2-5-9-19)26-24(25-22)27-33(29,30)21-10-6-3-7-11-21/h2-15,28H,16H2,1H3,(H,25,26,27). The van der Waals surface area contributed by atoms with Crippen molar-refractivity contribution in [3.05, 3.63) is 90.5 Å². The van der Waals surface area contributed by atoms with Crippen LogP contribution in [0.25, 0.3) is 11.3 Å². The predicted octanol–water partition coefficient (Wildman–Crippen LogP) is 4.24. The van der Waals surface area contributed by atoms with E-state index in [1.807, 2.05) is 18.2 Å². The summed E-state index contributed by atoms with van der Waals surface area (Å²) < 4.78 is 39.3. The van der Waals surface area contributed by atoms with E-state index in [1.165, 1.54) is 19.2 Å². The number of para-hydroxylation sites is 1. The minimum absolute atomic E-state index is 0.0773. The molecular formula is C24H21N3O5S. The van der Waals surface area contributed by atoms with E-state index in [1.54, 1.807) is 54.6 Å². The number of hydrogen-bond acceptors (Lipinski definition) is 7. The van der Waals surface area contributed by atoms with Crippen LogP contribution in [0.5, 0.6) is 17.4 Å². The Kier molecular flexibility index (Phi) is 6.53. The fourth-order valence-electron chi connectivity index (χ4n) is 3.08. The highest BCUT2D eigenvalue weighted by Crippen LogP contribution is 2.30. The van der Waals surface area contributed by atoms with E-state index >= 15 is 0 Å². The Balaban J connectivity index is 1.79. The van der Waals surface area contributed by atoms with Crippen LogP contribution in [-0.2, 0) is 16.6 Å². The lowest BCUT2D eigenvalue weighted by molar-refractivity contribution is 0.281. The molecule has 168 valence electrons. The summed E-state index contributed by atoms with van der Waals surface area (Å²) in [5.74, 6) is 1.04. The largest absolute Gasteiger partial charge is 0.497 e. The lowest BCUT2D eigenvalue weighted by Gasteiger charge is -2.12. The molecule has 0 unspecified atom stereocenters. The van der Waals surface area contributed by atoms with Crippen LogP contribution in [0.3, 0.4) is 0 Å². The van der Waals surface area contributed by atoms with Crippen LogP contribution in [0.1, 0.15) is 5.56 Å². The summed E-state index contributed by atoms with van der Waals surface area (Å²) in [5, 5.41) is 9.61. The van der Waals surface area contributed by atoms with Crippen LogP contribution < -0.4 is 14.2 Å². The van der Waals surface area contributed by atoms with E-state index in [4.69, 9.17) is 9.47 Å². The van der Waals surface area contributed by atoms with Crippen molar-refractivity contribution < 1.29 is 23.0 Å². The normalized spacial score (nSPS) is 11.1.